The number of hydrogen-bond donors (Lipinski definition) is 0. The second-order valence-electron chi connectivity index (χ2n) is 10.3. The van der Waals surface area contributed by atoms with Crippen molar-refractivity contribution in [2.24, 2.45) is 0 Å². The Balaban J connectivity index is 0.000000196. The van der Waals surface area contributed by atoms with Crippen LogP contribution in [0.2, 0.25) is 0 Å². The summed E-state index contributed by atoms with van der Waals surface area (Å²) in [6, 6.07) is 44.1. The Morgan fingerprint density at radius 2 is 1.27 bits per heavy atom. The van der Waals surface area contributed by atoms with E-state index in [1.54, 1.807) is 6.20 Å². The van der Waals surface area contributed by atoms with Gasteiger partial charge in [-0.3, -0.25) is 0 Å². The monoisotopic (exact) mass is 706 g/mol. The van der Waals surface area contributed by atoms with Crippen molar-refractivity contribution in [3.05, 3.63) is 139 Å². The van der Waals surface area contributed by atoms with E-state index in [2.05, 4.69) is 88.9 Å². The minimum atomic E-state index is 0. The van der Waals surface area contributed by atoms with Gasteiger partial charge in [0.25, 0.3) is 0 Å². The molecule has 0 N–H and O–H groups in total. The average molecular weight is 706 g/mol. The Morgan fingerprint density at radius 3 is 1.93 bits per heavy atom. The minimum Gasteiger partial charge on any atom is -0.350 e. The van der Waals surface area contributed by atoms with Gasteiger partial charge in [0.1, 0.15) is 0 Å². The van der Waals surface area contributed by atoms with E-state index in [1.807, 2.05) is 66.9 Å². The molecule has 4 heterocycles. The third kappa shape index (κ3) is 4.80. The molecule has 3 nitrogen and oxygen atoms in total. The Kier molecular flexibility index (Phi) is 7.36. The smallest absolute Gasteiger partial charge is 0.0516 e. The van der Waals surface area contributed by atoms with E-state index in [0.717, 1.165) is 22.5 Å². The molecule has 4 aromatic carbocycles. The minimum absolute atomic E-state index is 0. The van der Waals surface area contributed by atoms with Gasteiger partial charge in [0.15, 0.2) is 0 Å². The van der Waals surface area contributed by atoms with Crippen LogP contribution in [0.1, 0.15) is 25.3 Å². The van der Waals surface area contributed by atoms with Crippen molar-refractivity contribution in [3.63, 3.8) is 0 Å². The molecule has 0 saturated carbocycles. The quantitative estimate of drug-likeness (QED) is 0.172. The summed E-state index contributed by atoms with van der Waals surface area (Å²) >= 11 is 0. The number of pyridine rings is 2. The topological polar surface area (TPSA) is 30.2 Å². The van der Waals surface area contributed by atoms with Crippen LogP contribution in [0.15, 0.2) is 122 Å². The summed E-state index contributed by atoms with van der Waals surface area (Å²) in [6.07, 6.45) is 3.63. The van der Waals surface area contributed by atoms with Crippen molar-refractivity contribution >= 4 is 38.1 Å². The fourth-order valence-electron chi connectivity index (χ4n) is 5.54. The van der Waals surface area contributed by atoms with Crippen molar-refractivity contribution in [3.8, 4) is 22.5 Å². The molecule has 0 aliphatic heterocycles. The van der Waals surface area contributed by atoms with Crippen LogP contribution in [0.3, 0.4) is 0 Å². The predicted octanol–water partition coefficient (Wildman–Crippen LogP) is 9.37. The van der Waals surface area contributed by atoms with Crippen LogP contribution in [-0.4, -0.2) is 14.4 Å². The maximum absolute atomic E-state index is 4.52. The van der Waals surface area contributed by atoms with Crippen molar-refractivity contribution in [2.45, 2.75) is 19.8 Å². The maximum atomic E-state index is 4.52. The summed E-state index contributed by atoms with van der Waals surface area (Å²) in [5, 5.41) is 5.25. The second kappa shape index (κ2) is 11.2. The van der Waals surface area contributed by atoms with Gasteiger partial charge in [-0.15, -0.1) is 59.7 Å². The third-order valence-corrected chi connectivity index (χ3v) is 7.51. The van der Waals surface area contributed by atoms with Gasteiger partial charge in [0, 0.05) is 48.8 Å². The number of rotatable bonds is 3. The van der Waals surface area contributed by atoms with Gasteiger partial charge in [-0.05, 0) is 58.0 Å². The predicted molar refractivity (Wildman–Crippen MR) is 166 cm³/mol. The number of para-hydroxylation sites is 1. The molecule has 8 rings (SSSR count). The summed E-state index contributed by atoms with van der Waals surface area (Å²) in [5.41, 5.74) is 9.17. The van der Waals surface area contributed by atoms with E-state index < -0.39 is 0 Å². The summed E-state index contributed by atoms with van der Waals surface area (Å²) in [7, 11) is 0. The fraction of sp³-hybridized carbons (Fsp3) is 0.0811. The van der Waals surface area contributed by atoms with E-state index in [1.165, 1.54) is 43.7 Å². The zero-order valence-corrected chi connectivity index (χ0v) is 25.2. The molecule has 0 atom stereocenters. The largest absolute Gasteiger partial charge is 0.350 e. The number of fused-ring (bicyclic) bond motifs is 6. The van der Waals surface area contributed by atoms with E-state index in [4.69, 9.17) is 0 Å². The Hall–Kier alpha value is -4.37. The van der Waals surface area contributed by atoms with Crippen LogP contribution in [0.25, 0.3) is 60.6 Å². The van der Waals surface area contributed by atoms with E-state index in [0.29, 0.717) is 5.92 Å². The standard InChI is InChI=1S/C26H19N2.C11H8N.Ir/c1-16(2)18-14-21-19-7-3-4-9-24(19)28-25-11-10-17(23-8-5-6-12-27-23)13-20(25)22(15-18)26(21)28;1-2-6-10(7-3-1)11-8-4-5-9-12-11;/h3-9,11-16H,1-2H3;1-6,8-9H;/q2*-1;. The number of benzene rings is 4. The first-order valence-corrected chi connectivity index (χ1v) is 13.6. The van der Waals surface area contributed by atoms with E-state index >= 15 is 0 Å². The number of aromatic nitrogens is 3. The molecule has 1 radical (unpaired) electrons. The molecule has 4 aromatic heterocycles. The van der Waals surface area contributed by atoms with Gasteiger partial charge in [0.2, 0.25) is 0 Å². The molecule has 4 heteroatoms. The first-order valence-electron chi connectivity index (χ1n) is 13.6. The molecule has 0 unspecified atom stereocenters. The molecular formula is C37H27IrN3-2. The van der Waals surface area contributed by atoms with Crippen LogP contribution in [0, 0.1) is 12.1 Å². The number of hydrogen-bond acceptors (Lipinski definition) is 2. The summed E-state index contributed by atoms with van der Waals surface area (Å²) in [6.45, 7) is 4.53. The zero-order chi connectivity index (χ0) is 27.1. The SMILES string of the molecule is CC(C)c1cc2c3cc(-c4ccccn4)[c-]cc3n3c4ccccc4c(c1)c23.[Ir].[c-]1ccccc1-c1ccccn1. The molecular weight excluding hydrogens is 679 g/mol. The molecule has 201 valence electrons. The van der Waals surface area contributed by atoms with Gasteiger partial charge >= 0.3 is 0 Å². The first-order chi connectivity index (χ1) is 19.7. The van der Waals surface area contributed by atoms with Crippen LogP contribution in [-0.2, 0) is 20.1 Å². The Labute approximate surface area is 253 Å². The van der Waals surface area contributed by atoms with Crippen molar-refractivity contribution in [1.29, 1.82) is 0 Å². The summed E-state index contributed by atoms with van der Waals surface area (Å²) in [4.78, 5) is 8.74. The molecule has 0 aliphatic rings. The molecule has 0 fully saturated rings. The molecule has 8 aromatic rings. The average Bonchev–Trinajstić information content (AvgIpc) is 3.54. The van der Waals surface area contributed by atoms with Crippen molar-refractivity contribution in [1.82, 2.24) is 14.4 Å². The van der Waals surface area contributed by atoms with Gasteiger partial charge in [-0.25, -0.2) is 0 Å². The van der Waals surface area contributed by atoms with Crippen LogP contribution in [0.4, 0.5) is 0 Å². The van der Waals surface area contributed by atoms with Crippen molar-refractivity contribution < 1.29 is 20.1 Å². The van der Waals surface area contributed by atoms with Crippen LogP contribution in [0.5, 0.6) is 0 Å². The molecule has 0 spiro atoms. The summed E-state index contributed by atoms with van der Waals surface area (Å²) in [5.74, 6) is 0.484. The van der Waals surface area contributed by atoms with Crippen LogP contribution < -0.4 is 0 Å². The van der Waals surface area contributed by atoms with E-state index in [-0.39, 0.29) is 20.1 Å². The normalized spacial score (nSPS) is 11.2. The molecule has 0 amide bonds. The Morgan fingerprint density at radius 1 is 0.610 bits per heavy atom. The van der Waals surface area contributed by atoms with E-state index in [9.17, 15) is 0 Å². The molecule has 0 aliphatic carbocycles. The third-order valence-electron chi connectivity index (χ3n) is 7.51. The van der Waals surface area contributed by atoms with Gasteiger partial charge in [0.05, 0.1) is 5.52 Å². The second-order valence-corrected chi connectivity index (χ2v) is 10.3. The number of nitrogens with zero attached hydrogens (tertiary/aromatic N) is 3. The molecule has 0 bridgehead atoms. The molecule has 0 saturated heterocycles. The van der Waals surface area contributed by atoms with Crippen molar-refractivity contribution in [2.75, 3.05) is 0 Å². The van der Waals surface area contributed by atoms with Gasteiger partial charge < -0.3 is 14.4 Å². The van der Waals surface area contributed by atoms with Gasteiger partial charge in [-0.1, -0.05) is 67.8 Å². The fourth-order valence-corrected chi connectivity index (χ4v) is 5.54. The first kappa shape index (κ1) is 26.8. The maximum Gasteiger partial charge on any atom is 0.0516 e. The Bertz CT molecular complexity index is 2030. The van der Waals surface area contributed by atoms with Crippen LogP contribution >= 0.6 is 0 Å². The molecule has 41 heavy (non-hydrogen) atoms. The summed E-state index contributed by atoms with van der Waals surface area (Å²) < 4.78 is 2.40. The van der Waals surface area contributed by atoms with Gasteiger partial charge in [-0.2, -0.15) is 0 Å². The zero-order valence-electron chi connectivity index (χ0n) is 22.8.